The van der Waals surface area contributed by atoms with Crippen molar-refractivity contribution in [3.63, 3.8) is 0 Å². The molecule has 0 saturated heterocycles. The Bertz CT molecular complexity index is 458. The number of nitrogen functional groups attached to an aromatic ring is 1. The average molecular weight is 304 g/mol. The summed E-state index contributed by atoms with van der Waals surface area (Å²) < 4.78 is 11.9. The number of pyridine rings is 1. The van der Waals surface area contributed by atoms with E-state index in [4.69, 9.17) is 15.2 Å². The van der Waals surface area contributed by atoms with Gasteiger partial charge in [0, 0.05) is 12.7 Å². The van der Waals surface area contributed by atoms with Gasteiger partial charge in [-0.05, 0) is 56.4 Å². The summed E-state index contributed by atoms with van der Waals surface area (Å²) in [6.45, 7) is 3.15. The normalized spacial score (nSPS) is 31.0. The van der Waals surface area contributed by atoms with Gasteiger partial charge in [0.2, 0.25) is 5.88 Å². The van der Waals surface area contributed by atoms with Crippen LogP contribution in [0.3, 0.4) is 0 Å². The predicted molar refractivity (Wildman–Crippen MR) is 87.8 cm³/mol. The molecule has 122 valence electrons. The third-order valence-corrected chi connectivity index (χ3v) is 5.21. The molecule has 0 amide bonds. The topological polar surface area (TPSA) is 57.4 Å². The highest BCUT2D eigenvalue weighted by atomic mass is 16.5. The molecule has 22 heavy (non-hydrogen) atoms. The molecule has 2 saturated carbocycles. The van der Waals surface area contributed by atoms with E-state index in [2.05, 4.69) is 11.9 Å². The lowest BCUT2D eigenvalue weighted by molar-refractivity contribution is -0.106. The van der Waals surface area contributed by atoms with Gasteiger partial charge in [0.1, 0.15) is 6.10 Å². The van der Waals surface area contributed by atoms with Gasteiger partial charge in [-0.15, -0.1) is 0 Å². The quantitative estimate of drug-likeness (QED) is 0.808. The molecular formula is C18H28N2O2. The first kappa shape index (κ1) is 15.6. The Kier molecular flexibility index (Phi) is 4.87. The lowest BCUT2D eigenvalue weighted by Gasteiger charge is -2.51. The van der Waals surface area contributed by atoms with Crippen LogP contribution in [-0.2, 0) is 4.74 Å². The van der Waals surface area contributed by atoms with Crippen LogP contribution in [0.1, 0.15) is 58.3 Å². The summed E-state index contributed by atoms with van der Waals surface area (Å²) in [4.78, 5) is 4.23. The third kappa shape index (κ3) is 3.72. The summed E-state index contributed by atoms with van der Waals surface area (Å²) >= 11 is 0. The van der Waals surface area contributed by atoms with E-state index in [1.165, 1.54) is 38.5 Å². The number of unbranched alkanes of at least 4 members (excludes halogenated alkanes) is 1. The zero-order valence-electron chi connectivity index (χ0n) is 13.6. The van der Waals surface area contributed by atoms with Crippen molar-refractivity contribution >= 4 is 5.69 Å². The van der Waals surface area contributed by atoms with E-state index in [0.717, 1.165) is 19.4 Å². The van der Waals surface area contributed by atoms with Crippen LogP contribution in [0.25, 0.3) is 0 Å². The summed E-state index contributed by atoms with van der Waals surface area (Å²) in [5, 5.41) is 0. The number of aromatic nitrogens is 1. The Morgan fingerprint density at radius 1 is 1.23 bits per heavy atom. The summed E-state index contributed by atoms with van der Waals surface area (Å²) in [7, 11) is 0. The molecule has 0 bridgehead atoms. The van der Waals surface area contributed by atoms with E-state index in [1.54, 1.807) is 6.20 Å². The van der Waals surface area contributed by atoms with Crippen LogP contribution in [0.5, 0.6) is 5.88 Å². The first-order valence-electron chi connectivity index (χ1n) is 8.69. The van der Waals surface area contributed by atoms with Crippen molar-refractivity contribution < 1.29 is 9.47 Å². The van der Waals surface area contributed by atoms with E-state index in [-0.39, 0.29) is 0 Å². The van der Waals surface area contributed by atoms with Gasteiger partial charge in [-0.2, -0.15) is 0 Å². The van der Waals surface area contributed by atoms with Crippen LogP contribution >= 0.6 is 0 Å². The van der Waals surface area contributed by atoms with Gasteiger partial charge in [-0.3, -0.25) is 0 Å². The minimum Gasteiger partial charge on any atom is -0.474 e. The molecule has 0 unspecified atom stereocenters. The molecule has 2 fully saturated rings. The summed E-state index contributed by atoms with van der Waals surface area (Å²) in [6, 6.07) is 3.71. The molecule has 2 N–H and O–H groups in total. The largest absolute Gasteiger partial charge is 0.474 e. The van der Waals surface area contributed by atoms with Gasteiger partial charge in [0.05, 0.1) is 18.0 Å². The first-order chi connectivity index (χ1) is 10.7. The molecule has 2 aliphatic carbocycles. The number of nitrogens with two attached hydrogens (primary N) is 1. The molecule has 1 spiro atoms. The van der Waals surface area contributed by atoms with Gasteiger partial charge in [-0.25, -0.2) is 4.98 Å². The van der Waals surface area contributed by atoms with Crippen molar-refractivity contribution in [3.8, 4) is 5.88 Å². The van der Waals surface area contributed by atoms with E-state index < -0.39 is 0 Å². The Hall–Kier alpha value is -1.29. The van der Waals surface area contributed by atoms with Crippen molar-refractivity contribution in [3.05, 3.63) is 18.3 Å². The van der Waals surface area contributed by atoms with Gasteiger partial charge < -0.3 is 15.2 Å². The maximum Gasteiger partial charge on any atom is 0.213 e. The molecule has 3 rings (SSSR count). The first-order valence-corrected chi connectivity index (χ1v) is 8.69. The monoisotopic (exact) mass is 304 g/mol. The number of hydrogen-bond acceptors (Lipinski definition) is 4. The smallest absolute Gasteiger partial charge is 0.213 e. The van der Waals surface area contributed by atoms with Crippen molar-refractivity contribution in [1.29, 1.82) is 0 Å². The van der Waals surface area contributed by atoms with Crippen LogP contribution in [-0.4, -0.2) is 23.8 Å². The zero-order chi connectivity index (χ0) is 15.4. The minimum absolute atomic E-state index is 0.307. The number of ether oxygens (including phenoxy) is 2. The fraction of sp³-hybridized carbons (Fsp3) is 0.722. The van der Waals surface area contributed by atoms with Gasteiger partial charge in [0.25, 0.3) is 0 Å². The molecule has 1 aromatic rings. The molecule has 1 heterocycles. The van der Waals surface area contributed by atoms with E-state index in [1.807, 2.05) is 12.1 Å². The summed E-state index contributed by atoms with van der Waals surface area (Å²) in [5.41, 5.74) is 6.87. The van der Waals surface area contributed by atoms with Crippen molar-refractivity contribution in [2.24, 2.45) is 5.41 Å². The SMILES string of the molecule is CCCCOC1CC2(CCC(Oc3ccc(N)cn3)CC2)C1. The Balaban J connectivity index is 1.39. The van der Waals surface area contributed by atoms with Gasteiger partial charge >= 0.3 is 0 Å². The molecule has 0 atom stereocenters. The summed E-state index contributed by atoms with van der Waals surface area (Å²) in [6.07, 6.45) is 12.2. The van der Waals surface area contributed by atoms with Gasteiger partial charge in [-0.1, -0.05) is 13.3 Å². The zero-order valence-corrected chi connectivity index (χ0v) is 13.6. The van der Waals surface area contributed by atoms with Crippen molar-refractivity contribution in [2.45, 2.75) is 70.5 Å². The standard InChI is InChI=1S/C18H28N2O2/c1-2-3-10-21-16-11-18(12-16)8-6-15(7-9-18)22-17-5-4-14(19)13-20-17/h4-5,13,15-16H,2-3,6-12,19H2,1H3. The van der Waals surface area contributed by atoms with Crippen LogP contribution in [0, 0.1) is 5.41 Å². The average Bonchev–Trinajstić information content (AvgIpc) is 2.50. The highest BCUT2D eigenvalue weighted by molar-refractivity contribution is 5.36. The molecule has 2 aliphatic rings. The van der Waals surface area contributed by atoms with Crippen molar-refractivity contribution in [2.75, 3.05) is 12.3 Å². The van der Waals surface area contributed by atoms with Crippen molar-refractivity contribution in [1.82, 2.24) is 4.98 Å². The van der Waals surface area contributed by atoms with Crippen LogP contribution in [0.2, 0.25) is 0 Å². The highest BCUT2D eigenvalue weighted by Crippen LogP contribution is 2.53. The maximum atomic E-state index is 5.98. The molecule has 0 aromatic carbocycles. The Labute approximate surface area is 133 Å². The highest BCUT2D eigenvalue weighted by Gasteiger charge is 2.46. The van der Waals surface area contributed by atoms with E-state index >= 15 is 0 Å². The second-order valence-electron chi connectivity index (χ2n) is 7.00. The van der Waals surface area contributed by atoms with Gasteiger partial charge in [0.15, 0.2) is 0 Å². The Morgan fingerprint density at radius 3 is 2.64 bits per heavy atom. The molecule has 4 heteroatoms. The fourth-order valence-corrected chi connectivity index (χ4v) is 3.78. The molecular weight excluding hydrogens is 276 g/mol. The number of hydrogen-bond donors (Lipinski definition) is 1. The second kappa shape index (κ2) is 6.86. The fourth-order valence-electron chi connectivity index (χ4n) is 3.78. The van der Waals surface area contributed by atoms with Crippen LogP contribution in [0.15, 0.2) is 18.3 Å². The molecule has 4 nitrogen and oxygen atoms in total. The summed E-state index contributed by atoms with van der Waals surface area (Å²) in [5.74, 6) is 0.699. The lowest BCUT2D eigenvalue weighted by Crippen LogP contribution is -2.46. The maximum absolute atomic E-state index is 5.98. The number of anilines is 1. The van der Waals surface area contributed by atoms with Crippen LogP contribution < -0.4 is 10.5 Å². The molecule has 0 radical (unpaired) electrons. The Morgan fingerprint density at radius 2 is 2.00 bits per heavy atom. The lowest BCUT2D eigenvalue weighted by atomic mass is 9.59. The molecule has 1 aromatic heterocycles. The second-order valence-corrected chi connectivity index (χ2v) is 7.00. The number of rotatable bonds is 6. The predicted octanol–water partition coefficient (Wildman–Crippen LogP) is 3.95. The van der Waals surface area contributed by atoms with E-state index in [0.29, 0.717) is 29.2 Å². The minimum atomic E-state index is 0.307. The molecule has 0 aliphatic heterocycles. The van der Waals surface area contributed by atoms with Crippen LogP contribution in [0.4, 0.5) is 5.69 Å². The van der Waals surface area contributed by atoms with E-state index in [9.17, 15) is 0 Å². The third-order valence-electron chi connectivity index (χ3n) is 5.21. The number of nitrogens with zero attached hydrogens (tertiary/aromatic N) is 1.